The maximum atomic E-state index is 11.4. The fraction of sp³-hybridized carbons (Fsp3) is 0.222. The van der Waals surface area contributed by atoms with Crippen molar-refractivity contribution in [1.82, 2.24) is 14.5 Å². The molecule has 0 radical (unpaired) electrons. The van der Waals surface area contributed by atoms with Crippen LogP contribution in [0, 0.1) is 6.92 Å². The number of carbonyl (C=O) groups excluding carboxylic acids is 1. The third-order valence-corrected chi connectivity index (χ3v) is 2.83. The van der Waals surface area contributed by atoms with Crippen molar-refractivity contribution in [3.8, 4) is 5.13 Å². The summed E-state index contributed by atoms with van der Waals surface area (Å²) in [6, 6.07) is 0. The van der Waals surface area contributed by atoms with Crippen LogP contribution in [0.25, 0.3) is 5.13 Å². The summed E-state index contributed by atoms with van der Waals surface area (Å²) in [5.41, 5.74) is 5.96. The van der Waals surface area contributed by atoms with E-state index in [1.54, 1.807) is 17.7 Å². The number of nitrogens with two attached hydrogens (primary N) is 1. The Balaban J connectivity index is 2.56. The predicted octanol–water partition coefficient (Wildman–Crippen LogP) is 1.01. The van der Waals surface area contributed by atoms with Crippen LogP contribution in [0.1, 0.15) is 16.3 Å². The third kappa shape index (κ3) is 1.54. The molecule has 0 aliphatic heterocycles. The highest BCUT2D eigenvalue weighted by molar-refractivity contribution is 7.12. The summed E-state index contributed by atoms with van der Waals surface area (Å²) in [6.07, 6.45) is 1.66. The summed E-state index contributed by atoms with van der Waals surface area (Å²) in [4.78, 5) is 19.6. The van der Waals surface area contributed by atoms with Crippen molar-refractivity contribution < 1.29 is 9.53 Å². The molecule has 6 nitrogen and oxygen atoms in total. The zero-order chi connectivity index (χ0) is 11.7. The molecule has 7 heteroatoms. The van der Waals surface area contributed by atoms with Gasteiger partial charge in [-0.25, -0.2) is 14.8 Å². The highest BCUT2D eigenvalue weighted by Crippen LogP contribution is 2.22. The predicted molar refractivity (Wildman–Crippen MR) is 59.7 cm³/mol. The number of anilines is 1. The lowest BCUT2D eigenvalue weighted by molar-refractivity contribution is 0.0596. The molecule has 0 saturated heterocycles. The molecule has 0 spiro atoms. The number of rotatable bonds is 2. The molecule has 0 atom stereocenters. The van der Waals surface area contributed by atoms with Crippen LogP contribution in [0.4, 0.5) is 5.82 Å². The van der Waals surface area contributed by atoms with Crippen LogP contribution in [0.2, 0.25) is 0 Å². The zero-order valence-electron chi connectivity index (χ0n) is 8.80. The van der Waals surface area contributed by atoms with E-state index >= 15 is 0 Å². The summed E-state index contributed by atoms with van der Waals surface area (Å²) in [5, 5.41) is 2.50. The number of nitrogens with zero attached hydrogens (tertiary/aromatic N) is 3. The molecule has 2 heterocycles. The first-order valence-corrected chi connectivity index (χ1v) is 5.36. The Morgan fingerprint density at radius 1 is 1.62 bits per heavy atom. The number of imidazole rings is 1. The van der Waals surface area contributed by atoms with E-state index in [-0.39, 0.29) is 11.5 Å². The van der Waals surface area contributed by atoms with Crippen LogP contribution < -0.4 is 5.73 Å². The molecule has 0 aliphatic rings. The van der Waals surface area contributed by atoms with Gasteiger partial charge in [-0.1, -0.05) is 0 Å². The number of nitrogen functional groups attached to an aromatic ring is 1. The molecule has 0 saturated carbocycles. The molecular formula is C9H10N4O2S. The van der Waals surface area contributed by atoms with E-state index in [0.29, 0.717) is 11.0 Å². The van der Waals surface area contributed by atoms with E-state index in [0.717, 1.165) is 0 Å². The van der Waals surface area contributed by atoms with Gasteiger partial charge in [0.25, 0.3) is 0 Å². The first-order valence-electron chi connectivity index (χ1n) is 4.48. The van der Waals surface area contributed by atoms with Gasteiger partial charge in [-0.2, -0.15) is 0 Å². The number of esters is 1. The van der Waals surface area contributed by atoms with Crippen molar-refractivity contribution in [2.75, 3.05) is 12.8 Å². The minimum atomic E-state index is -0.545. The van der Waals surface area contributed by atoms with E-state index < -0.39 is 5.97 Å². The lowest BCUT2D eigenvalue weighted by atomic mass is 10.4. The Morgan fingerprint density at radius 2 is 2.38 bits per heavy atom. The smallest absolute Gasteiger partial charge is 0.360 e. The molecule has 0 aliphatic carbocycles. The minimum absolute atomic E-state index is 0.121. The average molecular weight is 238 g/mol. The summed E-state index contributed by atoms with van der Waals surface area (Å²) in [6.45, 7) is 1.75. The number of carbonyl (C=O) groups is 1. The second kappa shape index (κ2) is 3.93. The highest BCUT2D eigenvalue weighted by atomic mass is 32.1. The normalized spacial score (nSPS) is 10.4. The molecule has 0 amide bonds. The Labute approximate surface area is 95.7 Å². The number of hydrogen-bond acceptors (Lipinski definition) is 6. The fourth-order valence-electron chi connectivity index (χ4n) is 1.36. The molecule has 2 aromatic rings. The van der Waals surface area contributed by atoms with Gasteiger partial charge in [-0.05, 0) is 6.92 Å². The second-order valence-electron chi connectivity index (χ2n) is 3.03. The summed E-state index contributed by atoms with van der Waals surface area (Å²) in [5.74, 6) is 0.308. The maximum absolute atomic E-state index is 11.4. The number of ether oxygens (including phenoxy) is 1. The van der Waals surface area contributed by atoms with Gasteiger partial charge in [0.15, 0.2) is 10.8 Å². The lowest BCUT2D eigenvalue weighted by Crippen LogP contribution is -2.07. The van der Waals surface area contributed by atoms with Crippen molar-refractivity contribution in [1.29, 1.82) is 0 Å². The molecule has 2 N–H and O–H groups in total. The molecule has 0 fully saturated rings. The lowest BCUT2D eigenvalue weighted by Gasteiger charge is -2.02. The first kappa shape index (κ1) is 10.6. The van der Waals surface area contributed by atoms with Crippen molar-refractivity contribution in [2.24, 2.45) is 0 Å². The van der Waals surface area contributed by atoms with E-state index in [2.05, 4.69) is 14.7 Å². The van der Waals surface area contributed by atoms with Crippen LogP contribution >= 0.6 is 11.3 Å². The average Bonchev–Trinajstić information content (AvgIpc) is 2.86. The van der Waals surface area contributed by atoms with Crippen LogP contribution in [0.3, 0.4) is 0 Å². The van der Waals surface area contributed by atoms with Gasteiger partial charge >= 0.3 is 5.97 Å². The van der Waals surface area contributed by atoms with Crippen LogP contribution in [-0.2, 0) is 4.74 Å². The Morgan fingerprint density at radius 3 is 2.94 bits per heavy atom. The van der Waals surface area contributed by atoms with Gasteiger partial charge in [0, 0.05) is 11.6 Å². The molecule has 0 unspecified atom stereocenters. The van der Waals surface area contributed by atoms with Crippen molar-refractivity contribution in [3.05, 3.63) is 23.1 Å². The third-order valence-electron chi connectivity index (χ3n) is 2.07. The molecule has 2 rings (SSSR count). The molecular weight excluding hydrogens is 228 g/mol. The molecule has 16 heavy (non-hydrogen) atoms. The molecule has 2 aromatic heterocycles. The summed E-state index contributed by atoms with van der Waals surface area (Å²) in [7, 11) is 1.29. The van der Waals surface area contributed by atoms with Gasteiger partial charge < -0.3 is 10.5 Å². The van der Waals surface area contributed by atoms with Crippen molar-refractivity contribution in [2.45, 2.75) is 6.92 Å². The summed E-state index contributed by atoms with van der Waals surface area (Å²) >= 11 is 1.42. The number of aryl methyl sites for hydroxylation is 1. The van der Waals surface area contributed by atoms with E-state index in [1.165, 1.54) is 18.4 Å². The Bertz CT molecular complexity index is 518. The van der Waals surface area contributed by atoms with E-state index in [9.17, 15) is 4.79 Å². The second-order valence-corrected chi connectivity index (χ2v) is 3.91. The van der Waals surface area contributed by atoms with Crippen LogP contribution in [-0.4, -0.2) is 27.6 Å². The van der Waals surface area contributed by atoms with E-state index in [1.807, 2.05) is 5.38 Å². The minimum Gasteiger partial charge on any atom is -0.464 e. The highest BCUT2D eigenvalue weighted by Gasteiger charge is 2.20. The number of aromatic nitrogens is 3. The van der Waals surface area contributed by atoms with Gasteiger partial charge in [0.05, 0.1) is 7.11 Å². The maximum Gasteiger partial charge on any atom is 0.360 e. The summed E-state index contributed by atoms with van der Waals surface area (Å²) < 4.78 is 6.21. The zero-order valence-corrected chi connectivity index (χ0v) is 9.61. The number of methoxy groups -OCH3 is 1. The first-order chi connectivity index (χ1) is 7.65. The molecule has 0 bridgehead atoms. The standard InChI is InChI=1S/C9H10N4O2S/c1-5-12-6(8(14)15-2)7(10)13(5)9-11-3-4-16-9/h3-4H,10H2,1-2H3. The van der Waals surface area contributed by atoms with E-state index in [4.69, 9.17) is 5.73 Å². The fourth-order valence-corrected chi connectivity index (χ4v) is 2.07. The largest absolute Gasteiger partial charge is 0.464 e. The monoisotopic (exact) mass is 238 g/mol. The van der Waals surface area contributed by atoms with Crippen molar-refractivity contribution in [3.63, 3.8) is 0 Å². The van der Waals surface area contributed by atoms with Crippen LogP contribution in [0.15, 0.2) is 11.6 Å². The van der Waals surface area contributed by atoms with Crippen LogP contribution in [0.5, 0.6) is 0 Å². The van der Waals surface area contributed by atoms with Gasteiger partial charge in [0.2, 0.25) is 0 Å². The number of hydrogen-bond donors (Lipinski definition) is 1. The Kier molecular flexibility index (Phi) is 2.61. The molecule has 84 valence electrons. The van der Waals surface area contributed by atoms with Gasteiger partial charge in [-0.15, -0.1) is 11.3 Å². The topological polar surface area (TPSA) is 83.0 Å². The van der Waals surface area contributed by atoms with Gasteiger partial charge in [0.1, 0.15) is 11.6 Å². The SMILES string of the molecule is COC(=O)c1nc(C)n(-c2nccs2)c1N. The van der Waals surface area contributed by atoms with Crippen molar-refractivity contribution >= 4 is 23.1 Å². The molecule has 0 aromatic carbocycles. The Hall–Kier alpha value is -1.89. The van der Waals surface area contributed by atoms with Gasteiger partial charge in [-0.3, -0.25) is 4.57 Å². The number of thiazole rings is 1. The quantitative estimate of drug-likeness (QED) is 0.789.